The molecule has 0 radical (unpaired) electrons. The molecule has 126 valence electrons. The van der Waals surface area contributed by atoms with Gasteiger partial charge in [0.1, 0.15) is 0 Å². The molecule has 2 heterocycles. The lowest BCUT2D eigenvalue weighted by molar-refractivity contribution is -0.143. The molecule has 0 bridgehead atoms. The van der Waals surface area contributed by atoms with E-state index < -0.39 is 11.9 Å². The van der Waals surface area contributed by atoms with Gasteiger partial charge in [0.15, 0.2) is 0 Å². The molecule has 6 nitrogen and oxygen atoms in total. The summed E-state index contributed by atoms with van der Waals surface area (Å²) in [6.07, 6.45) is 4.45. The predicted octanol–water partition coefficient (Wildman–Crippen LogP) is 2.85. The second-order valence-corrected chi connectivity index (χ2v) is 6.51. The van der Waals surface area contributed by atoms with Crippen LogP contribution in [0, 0.1) is 5.92 Å². The van der Waals surface area contributed by atoms with Crippen molar-refractivity contribution in [3.05, 3.63) is 47.2 Å². The Morgan fingerprint density at radius 2 is 1.96 bits per heavy atom. The summed E-state index contributed by atoms with van der Waals surface area (Å²) in [7, 11) is 0. The van der Waals surface area contributed by atoms with Gasteiger partial charge < -0.3 is 10.0 Å². The van der Waals surface area contributed by atoms with Crippen molar-refractivity contribution in [1.82, 2.24) is 14.7 Å². The molecule has 0 saturated carbocycles. The van der Waals surface area contributed by atoms with Gasteiger partial charge in [0.2, 0.25) is 0 Å². The number of nitrogens with zero attached hydrogens (tertiary/aromatic N) is 3. The summed E-state index contributed by atoms with van der Waals surface area (Å²) in [6.45, 7) is 2.18. The molecule has 1 saturated heterocycles. The summed E-state index contributed by atoms with van der Waals surface area (Å²) in [4.78, 5) is 25.6. The van der Waals surface area contributed by atoms with Crippen LogP contribution in [0.3, 0.4) is 0 Å². The maximum absolute atomic E-state index is 12.7. The van der Waals surface area contributed by atoms with Gasteiger partial charge in [-0.2, -0.15) is 5.10 Å². The quantitative estimate of drug-likeness (QED) is 0.926. The Balaban J connectivity index is 1.80. The van der Waals surface area contributed by atoms with Crippen molar-refractivity contribution in [2.75, 3.05) is 6.54 Å². The fourth-order valence-electron chi connectivity index (χ4n) is 2.93. The fourth-order valence-corrected chi connectivity index (χ4v) is 3.05. The molecule has 2 unspecified atom stereocenters. The van der Waals surface area contributed by atoms with Crippen LogP contribution in [0.2, 0.25) is 5.02 Å². The first-order chi connectivity index (χ1) is 11.5. The molecule has 1 aromatic heterocycles. The Morgan fingerprint density at radius 3 is 2.62 bits per heavy atom. The monoisotopic (exact) mass is 347 g/mol. The van der Waals surface area contributed by atoms with E-state index in [-0.39, 0.29) is 18.5 Å². The Kier molecular flexibility index (Phi) is 4.57. The smallest absolute Gasteiger partial charge is 0.308 e. The average Bonchev–Trinajstić information content (AvgIpc) is 3.05. The predicted molar refractivity (Wildman–Crippen MR) is 89.4 cm³/mol. The molecule has 3 rings (SSSR count). The highest BCUT2D eigenvalue weighted by molar-refractivity contribution is 6.30. The highest BCUT2D eigenvalue weighted by Gasteiger charge is 2.33. The lowest BCUT2D eigenvalue weighted by atomic mass is 9.93. The molecule has 0 aliphatic carbocycles. The average molecular weight is 348 g/mol. The molecule has 1 aliphatic heterocycles. The number of piperidine rings is 1. The lowest BCUT2D eigenvalue weighted by Crippen LogP contribution is -2.47. The van der Waals surface area contributed by atoms with E-state index in [4.69, 9.17) is 11.6 Å². The molecule has 7 heteroatoms. The van der Waals surface area contributed by atoms with Crippen molar-refractivity contribution >= 4 is 23.5 Å². The Morgan fingerprint density at radius 1 is 1.25 bits per heavy atom. The number of amides is 1. The minimum Gasteiger partial charge on any atom is -0.481 e. The third kappa shape index (κ3) is 3.28. The zero-order valence-corrected chi connectivity index (χ0v) is 14.0. The fraction of sp³-hybridized carbons (Fsp3) is 0.353. The second kappa shape index (κ2) is 6.65. The van der Waals surface area contributed by atoms with Crippen LogP contribution in [0.5, 0.6) is 0 Å². The van der Waals surface area contributed by atoms with Gasteiger partial charge in [-0.25, -0.2) is 4.68 Å². The Labute approximate surface area is 144 Å². The van der Waals surface area contributed by atoms with Crippen LogP contribution in [-0.4, -0.2) is 44.3 Å². The van der Waals surface area contributed by atoms with Crippen LogP contribution >= 0.6 is 11.6 Å². The number of rotatable bonds is 3. The maximum atomic E-state index is 12.7. The van der Waals surface area contributed by atoms with E-state index in [1.807, 2.05) is 19.1 Å². The SMILES string of the molecule is CC1CCC(C(=O)O)CN1C(=O)c1cnn(-c2ccc(Cl)cc2)c1. The number of hydrogen-bond donors (Lipinski definition) is 1. The number of carboxylic acid groups (broad SMARTS) is 1. The Bertz CT molecular complexity index is 757. The van der Waals surface area contributed by atoms with Crippen molar-refractivity contribution < 1.29 is 14.7 Å². The minimum absolute atomic E-state index is 0.0204. The van der Waals surface area contributed by atoms with Crippen LogP contribution in [-0.2, 0) is 4.79 Å². The standard InChI is InChI=1S/C17H18ClN3O3/c1-11-2-3-12(17(23)24)9-20(11)16(22)13-8-19-21(10-13)15-6-4-14(18)5-7-15/h4-8,10-12H,2-3,9H2,1H3,(H,23,24). The highest BCUT2D eigenvalue weighted by Crippen LogP contribution is 2.24. The first-order valence-corrected chi connectivity index (χ1v) is 8.18. The van der Waals surface area contributed by atoms with Crippen LogP contribution in [0.25, 0.3) is 5.69 Å². The molecule has 2 atom stereocenters. The van der Waals surface area contributed by atoms with Crippen LogP contribution in [0.1, 0.15) is 30.1 Å². The van der Waals surface area contributed by atoms with Crippen molar-refractivity contribution in [2.24, 2.45) is 5.92 Å². The van der Waals surface area contributed by atoms with E-state index in [2.05, 4.69) is 5.10 Å². The number of carbonyl (C=O) groups excluding carboxylic acids is 1. The molecule has 1 aromatic carbocycles. The molecular weight excluding hydrogens is 330 g/mol. The zero-order valence-electron chi connectivity index (χ0n) is 13.2. The van der Waals surface area contributed by atoms with Crippen molar-refractivity contribution in [1.29, 1.82) is 0 Å². The molecule has 1 aliphatic rings. The number of likely N-dealkylation sites (tertiary alicyclic amines) is 1. The molecule has 2 aromatic rings. The molecular formula is C17H18ClN3O3. The van der Waals surface area contributed by atoms with Gasteiger partial charge in [0.25, 0.3) is 5.91 Å². The summed E-state index contributed by atoms with van der Waals surface area (Å²) < 4.78 is 1.60. The third-order valence-corrected chi connectivity index (χ3v) is 4.66. The number of benzene rings is 1. The molecule has 1 amide bonds. The van der Waals surface area contributed by atoms with E-state index >= 15 is 0 Å². The van der Waals surface area contributed by atoms with Crippen molar-refractivity contribution in [3.63, 3.8) is 0 Å². The number of carbonyl (C=O) groups is 2. The van der Waals surface area contributed by atoms with Gasteiger partial charge in [0.05, 0.1) is 23.4 Å². The second-order valence-electron chi connectivity index (χ2n) is 6.07. The number of aromatic nitrogens is 2. The van der Waals surface area contributed by atoms with E-state index in [9.17, 15) is 14.7 Å². The van der Waals surface area contributed by atoms with E-state index in [1.165, 1.54) is 6.20 Å². The number of carboxylic acids is 1. The van der Waals surface area contributed by atoms with E-state index in [0.29, 0.717) is 23.4 Å². The van der Waals surface area contributed by atoms with Crippen LogP contribution in [0.15, 0.2) is 36.7 Å². The Hall–Kier alpha value is -2.34. The van der Waals surface area contributed by atoms with E-state index in [0.717, 1.165) is 5.69 Å². The minimum atomic E-state index is -0.850. The first-order valence-electron chi connectivity index (χ1n) is 7.80. The summed E-state index contributed by atoms with van der Waals surface area (Å²) >= 11 is 5.87. The van der Waals surface area contributed by atoms with Crippen molar-refractivity contribution in [3.8, 4) is 5.69 Å². The molecule has 1 fully saturated rings. The number of aliphatic carboxylic acids is 1. The lowest BCUT2D eigenvalue weighted by Gasteiger charge is -2.36. The largest absolute Gasteiger partial charge is 0.481 e. The van der Waals surface area contributed by atoms with Crippen LogP contribution in [0.4, 0.5) is 0 Å². The molecule has 0 spiro atoms. The highest BCUT2D eigenvalue weighted by atomic mass is 35.5. The van der Waals surface area contributed by atoms with E-state index in [1.54, 1.807) is 27.9 Å². The summed E-state index contributed by atoms with van der Waals surface area (Å²) in [6, 6.07) is 7.15. The van der Waals surface area contributed by atoms with Crippen LogP contribution < -0.4 is 0 Å². The van der Waals surface area contributed by atoms with Crippen molar-refractivity contribution in [2.45, 2.75) is 25.8 Å². The van der Waals surface area contributed by atoms with Gasteiger partial charge >= 0.3 is 5.97 Å². The maximum Gasteiger partial charge on any atom is 0.308 e. The normalized spacial score (nSPS) is 20.8. The number of halogens is 1. The molecule has 24 heavy (non-hydrogen) atoms. The van der Waals surface area contributed by atoms with Gasteiger partial charge in [-0.05, 0) is 44.0 Å². The van der Waals surface area contributed by atoms with Gasteiger partial charge in [-0.3, -0.25) is 9.59 Å². The zero-order chi connectivity index (χ0) is 17.3. The van der Waals surface area contributed by atoms with Gasteiger partial charge in [-0.15, -0.1) is 0 Å². The van der Waals surface area contributed by atoms with Gasteiger partial charge in [-0.1, -0.05) is 11.6 Å². The summed E-state index contributed by atoms with van der Waals surface area (Å²) in [5.74, 6) is -1.54. The number of hydrogen-bond acceptors (Lipinski definition) is 3. The summed E-state index contributed by atoms with van der Waals surface area (Å²) in [5, 5.41) is 14.1. The van der Waals surface area contributed by atoms with Gasteiger partial charge in [0, 0.05) is 23.8 Å². The topological polar surface area (TPSA) is 75.4 Å². The third-order valence-electron chi connectivity index (χ3n) is 4.41. The first kappa shape index (κ1) is 16.5. The molecule has 1 N–H and O–H groups in total. The summed E-state index contributed by atoms with van der Waals surface area (Å²) in [5.41, 5.74) is 1.25.